The van der Waals surface area contributed by atoms with Crippen LogP contribution in [0.25, 0.3) is 0 Å². The zero-order valence-electron chi connectivity index (χ0n) is 20.2. The molecule has 0 spiro atoms. The monoisotopic (exact) mass is 486 g/mol. The smallest absolute Gasteiger partial charge is 0.318 e. The van der Waals surface area contributed by atoms with E-state index in [9.17, 15) is 14.4 Å². The van der Waals surface area contributed by atoms with Crippen molar-refractivity contribution in [2.24, 2.45) is 5.92 Å². The minimum atomic E-state index is -0.751. The van der Waals surface area contributed by atoms with E-state index in [4.69, 9.17) is 4.74 Å². The lowest BCUT2D eigenvalue weighted by atomic mass is 9.83. The van der Waals surface area contributed by atoms with E-state index in [1.807, 2.05) is 41.0 Å². The third-order valence-electron chi connectivity index (χ3n) is 7.02. The van der Waals surface area contributed by atoms with Gasteiger partial charge in [-0.05, 0) is 48.2 Å². The first-order valence-corrected chi connectivity index (χ1v) is 12.2. The number of methoxy groups -OCH3 is 1. The highest BCUT2D eigenvalue weighted by atomic mass is 16.5. The number of piperidine rings is 1. The fourth-order valence-electron chi connectivity index (χ4n) is 5.27. The molecule has 2 N–H and O–H groups in total. The van der Waals surface area contributed by atoms with Gasteiger partial charge >= 0.3 is 6.03 Å². The quantitative estimate of drug-likeness (QED) is 0.560. The Morgan fingerprint density at radius 1 is 0.972 bits per heavy atom. The van der Waals surface area contributed by atoms with E-state index >= 15 is 0 Å². The Kier molecular flexibility index (Phi) is 6.75. The summed E-state index contributed by atoms with van der Waals surface area (Å²) in [6.07, 6.45) is 1.33. The van der Waals surface area contributed by atoms with Crippen LogP contribution in [0.1, 0.15) is 23.6 Å². The number of carbonyl (C=O) groups excluding carboxylic acids is 2. The number of ether oxygens (including phenoxy) is 1. The minimum Gasteiger partial charge on any atom is -0.497 e. The lowest BCUT2D eigenvalue weighted by Gasteiger charge is -2.43. The molecule has 2 bridgehead atoms. The van der Waals surface area contributed by atoms with Crippen molar-refractivity contribution >= 4 is 17.6 Å². The van der Waals surface area contributed by atoms with E-state index in [0.29, 0.717) is 37.5 Å². The summed E-state index contributed by atoms with van der Waals surface area (Å²) in [7, 11) is 1.59. The number of fused-ring (bicyclic) bond motifs is 4. The first-order chi connectivity index (χ1) is 17.5. The molecule has 8 heteroatoms. The molecule has 2 aromatic carbocycles. The topological polar surface area (TPSA) is 92.7 Å². The molecule has 3 amide bonds. The summed E-state index contributed by atoms with van der Waals surface area (Å²) in [6, 6.07) is 21.1. The number of likely N-dealkylation sites (tertiary alicyclic amines) is 1. The molecule has 3 heterocycles. The van der Waals surface area contributed by atoms with Crippen LogP contribution in [0.5, 0.6) is 5.75 Å². The fourth-order valence-corrected chi connectivity index (χ4v) is 5.27. The van der Waals surface area contributed by atoms with Crippen molar-refractivity contribution in [1.82, 2.24) is 14.8 Å². The van der Waals surface area contributed by atoms with Crippen LogP contribution in [0.15, 0.2) is 77.6 Å². The number of pyridine rings is 1. The molecule has 0 aliphatic carbocycles. The summed E-state index contributed by atoms with van der Waals surface area (Å²) in [5.74, 6) is 0.730. The van der Waals surface area contributed by atoms with Gasteiger partial charge in [-0.1, -0.05) is 36.4 Å². The summed E-state index contributed by atoms with van der Waals surface area (Å²) in [5.41, 5.74) is 2.58. The van der Waals surface area contributed by atoms with Gasteiger partial charge in [0.1, 0.15) is 11.8 Å². The number of hydrogen-bond acceptors (Lipinski definition) is 4. The molecule has 3 atom stereocenters. The van der Waals surface area contributed by atoms with E-state index in [1.54, 1.807) is 48.4 Å². The van der Waals surface area contributed by atoms with Gasteiger partial charge in [0.2, 0.25) is 5.91 Å². The molecule has 3 aromatic rings. The molecule has 36 heavy (non-hydrogen) atoms. The molecule has 5 rings (SSSR count). The maximum Gasteiger partial charge on any atom is 0.318 e. The number of anilines is 1. The van der Waals surface area contributed by atoms with Crippen LogP contribution in [-0.4, -0.2) is 47.6 Å². The average Bonchev–Trinajstić information content (AvgIpc) is 2.90. The van der Waals surface area contributed by atoms with Gasteiger partial charge in [-0.25, -0.2) is 4.79 Å². The van der Waals surface area contributed by atoms with Crippen LogP contribution in [0.2, 0.25) is 0 Å². The van der Waals surface area contributed by atoms with Crippen molar-refractivity contribution in [1.29, 1.82) is 0 Å². The number of rotatable bonds is 6. The van der Waals surface area contributed by atoms with Crippen molar-refractivity contribution in [3.05, 3.63) is 94.4 Å². The maximum absolute atomic E-state index is 13.4. The van der Waals surface area contributed by atoms with Gasteiger partial charge in [0.25, 0.3) is 5.56 Å². The van der Waals surface area contributed by atoms with E-state index < -0.39 is 6.04 Å². The molecule has 0 radical (unpaired) electrons. The summed E-state index contributed by atoms with van der Waals surface area (Å²) >= 11 is 0. The van der Waals surface area contributed by atoms with E-state index in [-0.39, 0.29) is 29.3 Å². The van der Waals surface area contributed by atoms with Gasteiger partial charge in [-0.15, -0.1) is 0 Å². The van der Waals surface area contributed by atoms with Gasteiger partial charge in [0.15, 0.2) is 0 Å². The zero-order chi connectivity index (χ0) is 25.1. The lowest BCUT2D eigenvalue weighted by Crippen LogP contribution is -2.55. The number of hydrogen-bond donors (Lipinski definition) is 2. The molecule has 1 fully saturated rings. The highest BCUT2D eigenvalue weighted by molar-refractivity contribution is 5.97. The van der Waals surface area contributed by atoms with Gasteiger partial charge in [-0.3, -0.25) is 9.59 Å². The predicted octanol–water partition coefficient (Wildman–Crippen LogP) is 3.24. The molecule has 1 saturated heterocycles. The van der Waals surface area contributed by atoms with Crippen molar-refractivity contribution in [2.75, 3.05) is 25.5 Å². The Morgan fingerprint density at radius 3 is 2.50 bits per heavy atom. The standard InChI is InChI=1S/C28H30N4O4/c1-36-23-12-10-22(11-13-23)29-27(34)24(15-19-6-3-2-4-7-19)30-28(35)31-16-20-14-21(18-31)25-8-5-9-26(33)32(25)17-20/h2-13,20-21,24H,14-18H2,1H3,(H,29,34)(H,30,35)/t20-,21-,24-/m0/s1. The van der Waals surface area contributed by atoms with Gasteiger partial charge in [0.05, 0.1) is 7.11 Å². The van der Waals surface area contributed by atoms with Crippen molar-refractivity contribution in [2.45, 2.75) is 31.3 Å². The second kappa shape index (κ2) is 10.3. The van der Waals surface area contributed by atoms with E-state index in [2.05, 4.69) is 10.6 Å². The summed E-state index contributed by atoms with van der Waals surface area (Å²) in [6.45, 7) is 1.69. The number of urea groups is 1. The van der Waals surface area contributed by atoms with Crippen LogP contribution in [0.4, 0.5) is 10.5 Å². The van der Waals surface area contributed by atoms with Crippen LogP contribution in [0, 0.1) is 5.92 Å². The van der Waals surface area contributed by atoms with Crippen LogP contribution in [-0.2, 0) is 17.8 Å². The highest BCUT2D eigenvalue weighted by Crippen LogP contribution is 2.35. The maximum atomic E-state index is 13.4. The van der Waals surface area contributed by atoms with Crippen molar-refractivity contribution in [3.8, 4) is 5.75 Å². The molecule has 2 aliphatic heterocycles. The molecule has 2 aliphatic rings. The second-order valence-electron chi connectivity index (χ2n) is 9.51. The molecule has 1 aromatic heterocycles. The minimum absolute atomic E-state index is 0.0122. The van der Waals surface area contributed by atoms with Crippen LogP contribution in [0.3, 0.4) is 0 Å². The van der Waals surface area contributed by atoms with Crippen LogP contribution < -0.4 is 20.9 Å². The first kappa shape index (κ1) is 23.7. The Hall–Kier alpha value is -4.07. The van der Waals surface area contributed by atoms with E-state index in [1.165, 1.54) is 0 Å². The van der Waals surface area contributed by atoms with Crippen molar-refractivity contribution < 1.29 is 14.3 Å². The lowest BCUT2D eigenvalue weighted by molar-refractivity contribution is -0.118. The summed E-state index contributed by atoms with van der Waals surface area (Å²) in [5, 5.41) is 5.90. The van der Waals surface area contributed by atoms with Gasteiger partial charge in [0, 0.05) is 49.4 Å². The van der Waals surface area contributed by atoms with Crippen molar-refractivity contribution in [3.63, 3.8) is 0 Å². The van der Waals surface area contributed by atoms with E-state index in [0.717, 1.165) is 17.7 Å². The number of nitrogens with one attached hydrogen (secondary N) is 2. The average molecular weight is 487 g/mol. The largest absolute Gasteiger partial charge is 0.497 e. The molecule has 8 nitrogen and oxygen atoms in total. The Bertz CT molecular complexity index is 1290. The van der Waals surface area contributed by atoms with Crippen LogP contribution >= 0.6 is 0 Å². The molecule has 186 valence electrons. The number of nitrogens with zero attached hydrogens (tertiary/aromatic N) is 2. The first-order valence-electron chi connectivity index (χ1n) is 12.2. The second-order valence-corrected chi connectivity index (χ2v) is 9.51. The Balaban J connectivity index is 1.31. The third kappa shape index (κ3) is 5.12. The molecule has 0 saturated carbocycles. The molecular formula is C28H30N4O4. The summed E-state index contributed by atoms with van der Waals surface area (Å²) < 4.78 is 7.03. The number of carbonyl (C=O) groups is 2. The predicted molar refractivity (Wildman–Crippen MR) is 137 cm³/mol. The Labute approximate surface area is 209 Å². The molecule has 0 unspecified atom stereocenters. The highest BCUT2D eigenvalue weighted by Gasteiger charge is 2.37. The van der Waals surface area contributed by atoms with Gasteiger partial charge < -0.3 is 24.8 Å². The summed E-state index contributed by atoms with van der Waals surface area (Å²) in [4.78, 5) is 40.8. The van der Waals surface area contributed by atoms with Gasteiger partial charge in [-0.2, -0.15) is 0 Å². The SMILES string of the molecule is COc1ccc(NC(=O)[C@H](Cc2ccccc2)NC(=O)N2C[C@@H]3C[C@@H](C2)c2cccc(=O)n2C3)cc1. The number of amides is 3. The zero-order valence-corrected chi connectivity index (χ0v) is 20.2. The number of aromatic nitrogens is 1. The Morgan fingerprint density at radius 2 is 1.75 bits per heavy atom. The fraction of sp³-hybridized carbons (Fsp3) is 0.321. The normalized spacial score (nSPS) is 19.1. The third-order valence-corrected chi connectivity index (χ3v) is 7.02. The molecular weight excluding hydrogens is 456 g/mol. The number of benzene rings is 2.